The zero-order valence-electron chi connectivity index (χ0n) is 8.84. The Bertz CT molecular complexity index is 172. The third-order valence-corrected chi connectivity index (χ3v) is 1.87. The predicted molar refractivity (Wildman–Crippen MR) is 53.1 cm³/mol. The monoisotopic (exact) mass is 184 g/mol. The van der Waals surface area contributed by atoms with Crippen LogP contribution in [-0.4, -0.2) is 18.2 Å². The number of nitrogens with zero attached hydrogens (tertiary/aromatic N) is 1. The first-order valence-corrected chi connectivity index (χ1v) is 4.83. The standard InChI is InChI=1S/C10H20N2O/c1-4-5-6-13-9(2)7-10(3,12)8-11/h9H,4-7,12H2,1-3H3. The molecule has 0 aromatic heterocycles. The fraction of sp³-hybridized carbons (Fsp3) is 0.900. The molecule has 0 spiro atoms. The van der Waals surface area contributed by atoms with Crippen molar-refractivity contribution in [3.63, 3.8) is 0 Å². The van der Waals surface area contributed by atoms with Crippen molar-refractivity contribution < 1.29 is 4.74 Å². The molecule has 0 saturated carbocycles. The molecular formula is C10H20N2O. The molecule has 0 aliphatic heterocycles. The van der Waals surface area contributed by atoms with Gasteiger partial charge in [0.2, 0.25) is 0 Å². The van der Waals surface area contributed by atoms with Crippen LogP contribution in [0.2, 0.25) is 0 Å². The highest BCUT2D eigenvalue weighted by molar-refractivity contribution is 5.01. The third-order valence-electron chi connectivity index (χ3n) is 1.87. The van der Waals surface area contributed by atoms with Crippen LogP contribution in [-0.2, 0) is 4.74 Å². The predicted octanol–water partition coefficient (Wildman–Crippen LogP) is 1.82. The number of nitriles is 1. The van der Waals surface area contributed by atoms with Gasteiger partial charge in [0.25, 0.3) is 0 Å². The summed E-state index contributed by atoms with van der Waals surface area (Å²) in [7, 11) is 0. The molecule has 13 heavy (non-hydrogen) atoms. The van der Waals surface area contributed by atoms with Gasteiger partial charge in [-0.2, -0.15) is 5.26 Å². The first-order chi connectivity index (χ1) is 6.02. The zero-order chi connectivity index (χ0) is 10.3. The van der Waals surface area contributed by atoms with E-state index in [0.29, 0.717) is 6.42 Å². The van der Waals surface area contributed by atoms with Crippen LogP contribution in [0.3, 0.4) is 0 Å². The highest BCUT2D eigenvalue weighted by Gasteiger charge is 2.20. The van der Waals surface area contributed by atoms with Gasteiger partial charge >= 0.3 is 0 Å². The second-order valence-corrected chi connectivity index (χ2v) is 3.77. The molecule has 0 amide bonds. The Labute approximate surface area is 80.9 Å². The normalized spacial score (nSPS) is 17.5. The second-order valence-electron chi connectivity index (χ2n) is 3.77. The van der Waals surface area contributed by atoms with Crippen LogP contribution in [0.1, 0.15) is 40.0 Å². The first-order valence-electron chi connectivity index (χ1n) is 4.83. The lowest BCUT2D eigenvalue weighted by atomic mass is 9.98. The van der Waals surface area contributed by atoms with Crippen molar-refractivity contribution in [2.45, 2.75) is 51.7 Å². The van der Waals surface area contributed by atoms with Gasteiger partial charge in [-0.05, 0) is 20.3 Å². The van der Waals surface area contributed by atoms with E-state index < -0.39 is 5.54 Å². The van der Waals surface area contributed by atoms with Gasteiger partial charge in [-0.1, -0.05) is 13.3 Å². The molecular weight excluding hydrogens is 164 g/mol. The average molecular weight is 184 g/mol. The Balaban J connectivity index is 3.63. The fourth-order valence-electron chi connectivity index (χ4n) is 1.13. The second kappa shape index (κ2) is 5.95. The maximum Gasteiger partial charge on any atom is 0.103 e. The lowest BCUT2D eigenvalue weighted by molar-refractivity contribution is 0.0498. The summed E-state index contributed by atoms with van der Waals surface area (Å²) in [6.07, 6.45) is 2.86. The van der Waals surface area contributed by atoms with Gasteiger partial charge < -0.3 is 10.5 Å². The molecule has 0 rings (SSSR count). The molecule has 76 valence electrons. The average Bonchev–Trinajstić information content (AvgIpc) is 2.04. The van der Waals surface area contributed by atoms with Crippen LogP contribution >= 0.6 is 0 Å². The number of ether oxygens (including phenoxy) is 1. The Morgan fingerprint density at radius 2 is 2.23 bits per heavy atom. The van der Waals surface area contributed by atoms with Gasteiger partial charge in [0, 0.05) is 13.0 Å². The van der Waals surface area contributed by atoms with Crippen LogP contribution in [0.15, 0.2) is 0 Å². The van der Waals surface area contributed by atoms with Crippen molar-refractivity contribution in [2.75, 3.05) is 6.61 Å². The van der Waals surface area contributed by atoms with Crippen molar-refractivity contribution in [3.05, 3.63) is 0 Å². The van der Waals surface area contributed by atoms with Gasteiger partial charge in [0.1, 0.15) is 5.54 Å². The Kier molecular flexibility index (Phi) is 5.68. The molecule has 2 unspecified atom stereocenters. The molecule has 0 aliphatic rings. The maximum absolute atomic E-state index is 8.68. The fourth-order valence-corrected chi connectivity index (χ4v) is 1.13. The molecule has 0 radical (unpaired) electrons. The summed E-state index contributed by atoms with van der Waals surface area (Å²) in [6.45, 7) is 6.57. The van der Waals surface area contributed by atoms with E-state index in [1.165, 1.54) is 0 Å². The number of unbranched alkanes of at least 4 members (excludes halogenated alkanes) is 1. The van der Waals surface area contributed by atoms with Gasteiger partial charge in [-0.25, -0.2) is 0 Å². The third kappa shape index (κ3) is 6.56. The van der Waals surface area contributed by atoms with Crippen molar-refractivity contribution in [2.24, 2.45) is 5.73 Å². The molecule has 0 saturated heterocycles. The molecule has 0 bridgehead atoms. The van der Waals surface area contributed by atoms with E-state index in [9.17, 15) is 0 Å². The molecule has 3 nitrogen and oxygen atoms in total. The van der Waals surface area contributed by atoms with E-state index >= 15 is 0 Å². The van der Waals surface area contributed by atoms with Gasteiger partial charge in [0.05, 0.1) is 12.2 Å². The van der Waals surface area contributed by atoms with Crippen molar-refractivity contribution in [1.82, 2.24) is 0 Å². The number of rotatable bonds is 6. The summed E-state index contributed by atoms with van der Waals surface area (Å²) >= 11 is 0. The minimum absolute atomic E-state index is 0.0706. The number of hydrogen-bond acceptors (Lipinski definition) is 3. The zero-order valence-corrected chi connectivity index (χ0v) is 8.84. The minimum Gasteiger partial charge on any atom is -0.378 e. The van der Waals surface area contributed by atoms with E-state index in [0.717, 1.165) is 19.4 Å². The van der Waals surface area contributed by atoms with Crippen molar-refractivity contribution in [3.8, 4) is 6.07 Å². The lowest BCUT2D eigenvalue weighted by Gasteiger charge is -2.20. The molecule has 0 fully saturated rings. The van der Waals surface area contributed by atoms with Crippen molar-refractivity contribution in [1.29, 1.82) is 5.26 Å². The summed E-state index contributed by atoms with van der Waals surface area (Å²) in [5.41, 5.74) is 4.92. The van der Waals surface area contributed by atoms with E-state index in [1.807, 2.05) is 6.92 Å². The molecule has 0 heterocycles. The molecule has 3 heteroatoms. The van der Waals surface area contributed by atoms with E-state index in [-0.39, 0.29) is 6.10 Å². The summed E-state index contributed by atoms with van der Waals surface area (Å²) in [5, 5.41) is 8.68. The summed E-state index contributed by atoms with van der Waals surface area (Å²) < 4.78 is 5.49. The van der Waals surface area contributed by atoms with E-state index in [1.54, 1.807) is 6.92 Å². The van der Waals surface area contributed by atoms with Crippen LogP contribution in [0.4, 0.5) is 0 Å². The lowest BCUT2D eigenvalue weighted by Crippen LogP contribution is -2.38. The first kappa shape index (κ1) is 12.4. The van der Waals surface area contributed by atoms with Crippen molar-refractivity contribution >= 4 is 0 Å². The highest BCUT2D eigenvalue weighted by atomic mass is 16.5. The Hall–Kier alpha value is -0.590. The molecule has 2 N–H and O–H groups in total. The van der Waals surface area contributed by atoms with E-state index in [4.69, 9.17) is 15.7 Å². The summed E-state index contributed by atoms with van der Waals surface area (Å²) in [6, 6.07) is 2.06. The Morgan fingerprint density at radius 3 is 2.69 bits per heavy atom. The largest absolute Gasteiger partial charge is 0.378 e. The molecule has 2 atom stereocenters. The van der Waals surface area contributed by atoms with Gasteiger partial charge in [-0.3, -0.25) is 0 Å². The topological polar surface area (TPSA) is 59.0 Å². The van der Waals surface area contributed by atoms with Crippen LogP contribution in [0, 0.1) is 11.3 Å². The van der Waals surface area contributed by atoms with Gasteiger partial charge in [0.15, 0.2) is 0 Å². The number of hydrogen-bond donors (Lipinski definition) is 1. The van der Waals surface area contributed by atoms with Crippen LogP contribution < -0.4 is 5.73 Å². The maximum atomic E-state index is 8.68. The summed E-state index contributed by atoms with van der Waals surface area (Å²) in [4.78, 5) is 0. The summed E-state index contributed by atoms with van der Waals surface area (Å²) in [5.74, 6) is 0. The quantitative estimate of drug-likeness (QED) is 0.640. The van der Waals surface area contributed by atoms with Crippen LogP contribution in [0.25, 0.3) is 0 Å². The van der Waals surface area contributed by atoms with Gasteiger partial charge in [-0.15, -0.1) is 0 Å². The molecule has 0 aromatic carbocycles. The van der Waals surface area contributed by atoms with Crippen LogP contribution in [0.5, 0.6) is 0 Å². The SMILES string of the molecule is CCCCOC(C)CC(C)(N)C#N. The van der Waals surface area contributed by atoms with E-state index in [2.05, 4.69) is 13.0 Å². The highest BCUT2D eigenvalue weighted by Crippen LogP contribution is 2.10. The number of nitrogens with two attached hydrogens (primary N) is 1. The molecule has 0 aromatic rings. The Morgan fingerprint density at radius 1 is 1.62 bits per heavy atom. The smallest absolute Gasteiger partial charge is 0.103 e. The molecule has 0 aliphatic carbocycles. The minimum atomic E-state index is -0.758.